The zero-order chi connectivity index (χ0) is 29.7. The van der Waals surface area contributed by atoms with Crippen molar-refractivity contribution < 1.29 is 4.74 Å². The number of piperazine rings is 1. The van der Waals surface area contributed by atoms with E-state index in [1.54, 1.807) is 12.8 Å². The van der Waals surface area contributed by atoms with Gasteiger partial charge in [0.15, 0.2) is 0 Å². The van der Waals surface area contributed by atoms with E-state index in [0.717, 1.165) is 77.3 Å². The fraction of sp³-hybridized carbons (Fsp3) is 1.00. The lowest BCUT2D eigenvalue weighted by Crippen LogP contribution is -2.71. The summed E-state index contributed by atoms with van der Waals surface area (Å²) >= 11 is 0. The van der Waals surface area contributed by atoms with Gasteiger partial charge in [0, 0.05) is 24.2 Å². The minimum atomic E-state index is 0.606. The summed E-state index contributed by atoms with van der Waals surface area (Å²) in [6, 6.07) is 2.91. The molecule has 45 heavy (non-hydrogen) atoms. The minimum Gasteiger partial charge on any atom is -0.374 e. The van der Waals surface area contributed by atoms with Crippen LogP contribution in [0.1, 0.15) is 167 Å². The molecular weight excluding hydrogens is 548 g/mol. The van der Waals surface area contributed by atoms with Crippen LogP contribution in [0.3, 0.4) is 0 Å². The van der Waals surface area contributed by atoms with E-state index in [1.165, 1.54) is 154 Å². The maximum Gasteiger partial charge on any atom is 0.0641 e. The molecule has 0 amide bonds. The van der Waals surface area contributed by atoms with E-state index in [1.807, 2.05) is 0 Å². The van der Waals surface area contributed by atoms with E-state index < -0.39 is 0 Å². The average molecular weight is 619 g/mol. The van der Waals surface area contributed by atoms with Crippen LogP contribution in [0.5, 0.6) is 0 Å². The van der Waals surface area contributed by atoms with Crippen molar-refractivity contribution in [2.24, 2.45) is 59.2 Å². The van der Waals surface area contributed by atoms with Crippen molar-refractivity contribution in [2.45, 2.75) is 203 Å². The van der Waals surface area contributed by atoms with Crippen LogP contribution < -0.4 is 10.6 Å². The van der Waals surface area contributed by atoms with Crippen LogP contribution >= 0.6 is 0 Å². The molecule has 9 rings (SSSR count). The molecule has 9 fully saturated rings. The Bertz CT molecular complexity index is 964. The maximum atomic E-state index is 7.50. The molecule has 2 aliphatic heterocycles. The summed E-state index contributed by atoms with van der Waals surface area (Å²) in [5.41, 5.74) is 0. The first-order valence-corrected chi connectivity index (χ1v) is 21.5. The molecule has 0 aromatic rings. The van der Waals surface area contributed by atoms with Crippen LogP contribution in [0.4, 0.5) is 0 Å². The van der Waals surface area contributed by atoms with Gasteiger partial charge in [-0.1, -0.05) is 96.3 Å². The Morgan fingerprint density at radius 3 is 1.53 bits per heavy atom. The molecule has 3 nitrogen and oxygen atoms in total. The Labute approximate surface area is 277 Å². The quantitative estimate of drug-likeness (QED) is 0.329. The largest absolute Gasteiger partial charge is 0.374 e. The molecule has 12 atom stereocenters. The van der Waals surface area contributed by atoms with Crippen LogP contribution in [0.2, 0.25) is 0 Å². The number of ether oxygens (including phenoxy) is 1. The Morgan fingerprint density at radius 1 is 0.311 bits per heavy atom. The van der Waals surface area contributed by atoms with Crippen molar-refractivity contribution in [1.82, 2.24) is 10.6 Å². The molecule has 254 valence electrons. The molecule has 3 heteroatoms. The molecule has 0 aromatic heterocycles. The maximum absolute atomic E-state index is 7.50. The van der Waals surface area contributed by atoms with Crippen LogP contribution in [0.15, 0.2) is 0 Å². The van der Waals surface area contributed by atoms with E-state index in [9.17, 15) is 0 Å². The highest BCUT2D eigenvalue weighted by Crippen LogP contribution is 2.59. The number of hydrogen-bond acceptors (Lipinski definition) is 3. The Hall–Kier alpha value is -0.120. The normalized spacial score (nSPS) is 51.5. The van der Waals surface area contributed by atoms with Gasteiger partial charge in [0.1, 0.15) is 0 Å². The van der Waals surface area contributed by atoms with Gasteiger partial charge in [0.25, 0.3) is 0 Å². The first-order valence-electron chi connectivity index (χ1n) is 21.5. The third kappa shape index (κ3) is 5.93. The van der Waals surface area contributed by atoms with E-state index >= 15 is 0 Å². The van der Waals surface area contributed by atoms with Crippen LogP contribution in [0.25, 0.3) is 0 Å². The van der Waals surface area contributed by atoms with Crippen molar-refractivity contribution in [3.8, 4) is 0 Å². The summed E-state index contributed by atoms with van der Waals surface area (Å²) < 4.78 is 7.50. The molecule has 0 bridgehead atoms. The molecular formula is C42H70N2O. The zero-order valence-corrected chi connectivity index (χ0v) is 29.0. The molecule has 0 aromatic carbocycles. The van der Waals surface area contributed by atoms with Gasteiger partial charge in [-0.25, -0.2) is 0 Å². The number of rotatable bonds is 4. The highest BCUT2D eigenvalue weighted by Gasteiger charge is 2.59. The number of fused-ring (bicyclic) bond motifs is 6. The first-order chi connectivity index (χ1) is 22.3. The monoisotopic (exact) mass is 619 g/mol. The number of nitrogens with one attached hydrogen (secondary N) is 2. The molecule has 0 radical (unpaired) electrons. The smallest absolute Gasteiger partial charge is 0.0641 e. The molecule has 7 aliphatic carbocycles. The van der Waals surface area contributed by atoms with Crippen molar-refractivity contribution >= 4 is 0 Å². The van der Waals surface area contributed by atoms with E-state index in [4.69, 9.17) is 4.74 Å². The van der Waals surface area contributed by atoms with E-state index in [0.29, 0.717) is 18.2 Å². The summed E-state index contributed by atoms with van der Waals surface area (Å²) in [5.74, 6) is 9.27. The second-order valence-electron chi connectivity index (χ2n) is 18.9. The van der Waals surface area contributed by atoms with Crippen LogP contribution in [-0.2, 0) is 4.74 Å². The molecule has 9 aliphatic rings. The summed E-state index contributed by atoms with van der Waals surface area (Å²) in [6.07, 6.45) is 40.0. The average Bonchev–Trinajstić information content (AvgIpc) is 3.51. The Balaban J connectivity index is 0.969. The molecule has 2 N–H and O–H groups in total. The minimum absolute atomic E-state index is 0.606. The van der Waals surface area contributed by atoms with Crippen LogP contribution in [0, 0.1) is 59.2 Å². The molecule has 2 heterocycles. The van der Waals surface area contributed by atoms with Crippen molar-refractivity contribution in [2.75, 3.05) is 0 Å². The molecule has 7 saturated carbocycles. The summed E-state index contributed by atoms with van der Waals surface area (Å²) in [6.45, 7) is 0. The Kier molecular flexibility index (Phi) is 9.37. The van der Waals surface area contributed by atoms with Gasteiger partial charge >= 0.3 is 0 Å². The van der Waals surface area contributed by atoms with Gasteiger partial charge in [-0.3, -0.25) is 0 Å². The Morgan fingerprint density at radius 2 is 0.800 bits per heavy atom. The van der Waals surface area contributed by atoms with Gasteiger partial charge < -0.3 is 15.4 Å². The van der Waals surface area contributed by atoms with Crippen LogP contribution in [-0.4, -0.2) is 36.4 Å². The second kappa shape index (κ2) is 13.7. The summed E-state index contributed by atoms with van der Waals surface area (Å²) in [4.78, 5) is 0. The summed E-state index contributed by atoms with van der Waals surface area (Å²) in [7, 11) is 0. The summed E-state index contributed by atoms with van der Waals surface area (Å²) in [5, 5.41) is 9.12. The fourth-order valence-electron chi connectivity index (χ4n) is 14.9. The van der Waals surface area contributed by atoms with Crippen molar-refractivity contribution in [3.63, 3.8) is 0 Å². The number of hydrogen-bond donors (Lipinski definition) is 2. The van der Waals surface area contributed by atoms with Gasteiger partial charge in [-0.05, 0) is 130 Å². The topological polar surface area (TPSA) is 33.3 Å². The van der Waals surface area contributed by atoms with Gasteiger partial charge in [0.05, 0.1) is 12.2 Å². The van der Waals surface area contributed by atoms with E-state index in [2.05, 4.69) is 10.6 Å². The third-order valence-electron chi connectivity index (χ3n) is 16.9. The molecule has 0 spiro atoms. The molecule has 2 saturated heterocycles. The standard InChI is InChI=1S/C42H70N2O/c1-3-12-27(13-4-1)28-22-24-30(25-23-28)39-40(44-38-21-10-9-20-37(38)43-39)35-26-36-34-19-11-18-31(29-14-5-2-6-15-29)41(34)45-42(36)33-17-8-7-16-32(33)35/h27-44H,1-26H2. The lowest BCUT2D eigenvalue weighted by molar-refractivity contribution is -0.102. The van der Waals surface area contributed by atoms with Crippen molar-refractivity contribution in [3.05, 3.63) is 0 Å². The molecule has 12 unspecified atom stereocenters. The zero-order valence-electron chi connectivity index (χ0n) is 29.0. The SMILES string of the molecule is C1CCC(C2CCC(C3NC4CCCCC4NC3C3CC4C5CCCC(C6CCCCC6)C5OC4C4CCCCC34)CC2)CC1. The lowest BCUT2D eigenvalue weighted by Gasteiger charge is -2.57. The van der Waals surface area contributed by atoms with Gasteiger partial charge in [-0.15, -0.1) is 0 Å². The van der Waals surface area contributed by atoms with E-state index in [-0.39, 0.29) is 0 Å². The fourth-order valence-corrected chi connectivity index (χ4v) is 14.9. The first kappa shape index (κ1) is 30.9. The predicted molar refractivity (Wildman–Crippen MR) is 185 cm³/mol. The highest BCUT2D eigenvalue weighted by molar-refractivity contribution is 5.11. The predicted octanol–water partition coefficient (Wildman–Crippen LogP) is 9.82. The van der Waals surface area contributed by atoms with Gasteiger partial charge in [-0.2, -0.15) is 0 Å². The lowest BCUT2D eigenvalue weighted by atomic mass is 9.54. The second-order valence-corrected chi connectivity index (χ2v) is 18.9. The highest BCUT2D eigenvalue weighted by atomic mass is 16.5. The van der Waals surface area contributed by atoms with Gasteiger partial charge in [0.2, 0.25) is 0 Å². The van der Waals surface area contributed by atoms with Crippen molar-refractivity contribution in [1.29, 1.82) is 0 Å². The third-order valence-corrected chi connectivity index (χ3v) is 16.9.